The Morgan fingerprint density at radius 3 is 2.15 bits per heavy atom. The summed E-state index contributed by atoms with van der Waals surface area (Å²) < 4.78 is 5.64. The molecule has 1 aromatic rings. The standard InChI is InChI=1S/C18H31NO/c1-4-5-6-7-8-9-10-18(19)16-11-13-17(14-12-16)20-15(2)3/h11-15,18H,4-10,19H2,1-3H3. The lowest BCUT2D eigenvalue weighted by atomic mass is 10.0. The summed E-state index contributed by atoms with van der Waals surface area (Å²) in [5.41, 5.74) is 7.46. The number of hydrogen-bond acceptors (Lipinski definition) is 2. The molecule has 0 fully saturated rings. The first-order valence-corrected chi connectivity index (χ1v) is 8.15. The molecule has 0 bridgehead atoms. The predicted octanol–water partition coefficient (Wildman–Crippen LogP) is 5.22. The van der Waals surface area contributed by atoms with Crippen molar-refractivity contribution < 1.29 is 4.74 Å². The van der Waals surface area contributed by atoms with Crippen LogP contribution in [0.2, 0.25) is 0 Å². The minimum Gasteiger partial charge on any atom is -0.491 e. The van der Waals surface area contributed by atoms with E-state index in [-0.39, 0.29) is 12.1 Å². The van der Waals surface area contributed by atoms with Crippen molar-refractivity contribution in [3.05, 3.63) is 29.8 Å². The largest absolute Gasteiger partial charge is 0.491 e. The third-order valence-corrected chi connectivity index (χ3v) is 3.55. The molecule has 0 spiro atoms. The lowest BCUT2D eigenvalue weighted by Gasteiger charge is -2.14. The highest BCUT2D eigenvalue weighted by Crippen LogP contribution is 2.21. The Morgan fingerprint density at radius 2 is 1.55 bits per heavy atom. The number of ether oxygens (including phenoxy) is 1. The van der Waals surface area contributed by atoms with E-state index in [0.717, 1.165) is 12.2 Å². The normalized spacial score (nSPS) is 12.7. The Labute approximate surface area is 124 Å². The van der Waals surface area contributed by atoms with E-state index in [2.05, 4.69) is 19.1 Å². The van der Waals surface area contributed by atoms with E-state index in [1.165, 1.54) is 44.1 Å². The van der Waals surface area contributed by atoms with Crippen LogP contribution in [0.4, 0.5) is 0 Å². The summed E-state index contributed by atoms with van der Waals surface area (Å²) in [6, 6.07) is 8.40. The van der Waals surface area contributed by atoms with Gasteiger partial charge in [-0.25, -0.2) is 0 Å². The second-order valence-electron chi connectivity index (χ2n) is 5.90. The van der Waals surface area contributed by atoms with E-state index in [9.17, 15) is 0 Å². The zero-order valence-electron chi connectivity index (χ0n) is 13.4. The molecule has 1 rings (SSSR count). The van der Waals surface area contributed by atoms with Gasteiger partial charge in [0.2, 0.25) is 0 Å². The van der Waals surface area contributed by atoms with Crippen LogP contribution in [0.1, 0.15) is 77.3 Å². The highest BCUT2D eigenvalue weighted by molar-refractivity contribution is 5.29. The molecule has 0 aliphatic carbocycles. The molecule has 0 aromatic heterocycles. The SMILES string of the molecule is CCCCCCCCC(N)c1ccc(OC(C)C)cc1. The van der Waals surface area contributed by atoms with Crippen LogP contribution in [0, 0.1) is 0 Å². The van der Waals surface area contributed by atoms with E-state index >= 15 is 0 Å². The molecule has 2 heteroatoms. The molecule has 114 valence electrons. The van der Waals surface area contributed by atoms with E-state index in [1.807, 2.05) is 26.0 Å². The van der Waals surface area contributed by atoms with Gasteiger partial charge in [0.25, 0.3) is 0 Å². The maximum Gasteiger partial charge on any atom is 0.119 e. The molecule has 1 aromatic carbocycles. The lowest BCUT2D eigenvalue weighted by molar-refractivity contribution is 0.242. The summed E-state index contributed by atoms with van der Waals surface area (Å²) in [4.78, 5) is 0. The van der Waals surface area contributed by atoms with Gasteiger partial charge < -0.3 is 10.5 Å². The Bertz CT molecular complexity index is 345. The summed E-state index contributed by atoms with van der Waals surface area (Å²) in [6.45, 7) is 6.33. The van der Waals surface area contributed by atoms with Crippen LogP contribution in [0.5, 0.6) is 5.75 Å². The van der Waals surface area contributed by atoms with Gasteiger partial charge in [-0.2, -0.15) is 0 Å². The van der Waals surface area contributed by atoms with Crippen molar-refractivity contribution in [3.63, 3.8) is 0 Å². The monoisotopic (exact) mass is 277 g/mol. The van der Waals surface area contributed by atoms with Crippen LogP contribution in [0.3, 0.4) is 0 Å². The molecule has 2 nitrogen and oxygen atoms in total. The fourth-order valence-corrected chi connectivity index (χ4v) is 2.38. The average molecular weight is 277 g/mol. The highest BCUT2D eigenvalue weighted by atomic mass is 16.5. The number of unbranched alkanes of at least 4 members (excludes halogenated alkanes) is 5. The van der Waals surface area contributed by atoms with E-state index in [1.54, 1.807) is 0 Å². The average Bonchev–Trinajstić information content (AvgIpc) is 2.42. The Kier molecular flexibility index (Phi) is 8.36. The first-order chi connectivity index (χ1) is 9.63. The van der Waals surface area contributed by atoms with E-state index < -0.39 is 0 Å². The molecule has 0 heterocycles. The fraction of sp³-hybridized carbons (Fsp3) is 0.667. The molecule has 2 N–H and O–H groups in total. The summed E-state index contributed by atoms with van der Waals surface area (Å²) >= 11 is 0. The van der Waals surface area contributed by atoms with Crippen molar-refractivity contribution in [1.82, 2.24) is 0 Å². The van der Waals surface area contributed by atoms with Gasteiger partial charge in [-0.15, -0.1) is 0 Å². The second-order valence-corrected chi connectivity index (χ2v) is 5.90. The maximum absolute atomic E-state index is 6.25. The molecule has 1 atom stereocenters. The van der Waals surface area contributed by atoms with Gasteiger partial charge in [-0.1, -0.05) is 57.6 Å². The van der Waals surface area contributed by atoms with Crippen LogP contribution in [0.15, 0.2) is 24.3 Å². The number of nitrogens with two attached hydrogens (primary N) is 1. The zero-order chi connectivity index (χ0) is 14.8. The summed E-state index contributed by atoms with van der Waals surface area (Å²) in [7, 11) is 0. The highest BCUT2D eigenvalue weighted by Gasteiger charge is 2.06. The molecule has 0 radical (unpaired) electrons. The van der Waals surface area contributed by atoms with E-state index in [4.69, 9.17) is 10.5 Å². The number of hydrogen-bond donors (Lipinski definition) is 1. The Morgan fingerprint density at radius 1 is 0.950 bits per heavy atom. The van der Waals surface area contributed by atoms with Crippen molar-refractivity contribution >= 4 is 0 Å². The topological polar surface area (TPSA) is 35.2 Å². The quantitative estimate of drug-likeness (QED) is 0.595. The molecule has 1 unspecified atom stereocenters. The first kappa shape index (κ1) is 17.0. The van der Waals surface area contributed by atoms with Crippen molar-refractivity contribution in [1.29, 1.82) is 0 Å². The van der Waals surface area contributed by atoms with Crippen molar-refractivity contribution in [2.75, 3.05) is 0 Å². The van der Waals surface area contributed by atoms with Crippen molar-refractivity contribution in [2.24, 2.45) is 5.73 Å². The lowest BCUT2D eigenvalue weighted by Crippen LogP contribution is -2.10. The van der Waals surface area contributed by atoms with Crippen LogP contribution in [0.25, 0.3) is 0 Å². The molecular formula is C18H31NO. The second kappa shape index (κ2) is 9.82. The van der Waals surface area contributed by atoms with Crippen LogP contribution in [-0.4, -0.2) is 6.10 Å². The third-order valence-electron chi connectivity index (χ3n) is 3.55. The van der Waals surface area contributed by atoms with Gasteiger partial charge >= 0.3 is 0 Å². The predicted molar refractivity (Wildman–Crippen MR) is 87.1 cm³/mol. The number of benzene rings is 1. The van der Waals surface area contributed by atoms with Crippen molar-refractivity contribution in [2.45, 2.75) is 77.9 Å². The minimum absolute atomic E-state index is 0.161. The molecule has 0 aliphatic heterocycles. The van der Waals surface area contributed by atoms with Crippen LogP contribution in [-0.2, 0) is 0 Å². The molecule has 0 saturated heterocycles. The molecule has 0 amide bonds. The summed E-state index contributed by atoms with van der Waals surface area (Å²) in [5, 5.41) is 0. The Hall–Kier alpha value is -1.02. The Balaban J connectivity index is 2.27. The van der Waals surface area contributed by atoms with Gasteiger partial charge in [0.05, 0.1) is 6.10 Å². The molecule has 20 heavy (non-hydrogen) atoms. The van der Waals surface area contributed by atoms with Crippen LogP contribution >= 0.6 is 0 Å². The molecular weight excluding hydrogens is 246 g/mol. The molecule has 0 aliphatic rings. The van der Waals surface area contributed by atoms with Gasteiger partial charge in [0.15, 0.2) is 0 Å². The smallest absolute Gasteiger partial charge is 0.119 e. The first-order valence-electron chi connectivity index (χ1n) is 8.15. The third kappa shape index (κ3) is 6.95. The van der Waals surface area contributed by atoms with Gasteiger partial charge in [0.1, 0.15) is 5.75 Å². The fourth-order valence-electron chi connectivity index (χ4n) is 2.38. The molecule has 0 saturated carbocycles. The zero-order valence-corrected chi connectivity index (χ0v) is 13.4. The number of rotatable bonds is 10. The van der Waals surface area contributed by atoms with Gasteiger partial charge in [0, 0.05) is 6.04 Å². The van der Waals surface area contributed by atoms with Crippen molar-refractivity contribution in [3.8, 4) is 5.75 Å². The minimum atomic E-state index is 0.161. The van der Waals surface area contributed by atoms with Gasteiger partial charge in [-0.3, -0.25) is 0 Å². The summed E-state index contributed by atoms with van der Waals surface area (Å²) in [6.07, 6.45) is 9.23. The maximum atomic E-state index is 6.25. The van der Waals surface area contributed by atoms with Crippen LogP contribution < -0.4 is 10.5 Å². The van der Waals surface area contributed by atoms with E-state index in [0.29, 0.717) is 0 Å². The van der Waals surface area contributed by atoms with Gasteiger partial charge in [-0.05, 0) is 38.0 Å². The summed E-state index contributed by atoms with van der Waals surface area (Å²) in [5.74, 6) is 0.926.